The smallest absolute Gasteiger partial charge is 0.163 e. The van der Waals surface area contributed by atoms with Gasteiger partial charge in [0, 0.05) is 5.69 Å². The summed E-state index contributed by atoms with van der Waals surface area (Å²) >= 11 is 0. The quantitative estimate of drug-likeness (QED) is 0.839. The van der Waals surface area contributed by atoms with Crippen molar-refractivity contribution in [2.45, 2.75) is 13.5 Å². The maximum Gasteiger partial charge on any atom is 0.163 e. The number of ether oxygens (including phenoxy) is 1. The highest BCUT2D eigenvalue weighted by Crippen LogP contribution is 2.21. The van der Waals surface area contributed by atoms with Gasteiger partial charge in [0.2, 0.25) is 0 Å². The van der Waals surface area contributed by atoms with Crippen LogP contribution in [0.5, 0.6) is 5.75 Å². The molecule has 0 aliphatic carbocycles. The van der Waals surface area contributed by atoms with Crippen LogP contribution in [0.15, 0.2) is 24.5 Å². The first kappa shape index (κ1) is 10.6. The summed E-state index contributed by atoms with van der Waals surface area (Å²) in [4.78, 5) is 0. The summed E-state index contributed by atoms with van der Waals surface area (Å²) < 4.78 is 6.93. The maximum absolute atomic E-state index is 9.09. The van der Waals surface area contributed by atoms with Crippen molar-refractivity contribution in [2.75, 3.05) is 7.11 Å². The first-order valence-corrected chi connectivity index (χ1v) is 4.91. The van der Waals surface area contributed by atoms with Crippen molar-refractivity contribution in [3.05, 3.63) is 35.9 Å². The average molecular weight is 219 g/mol. The fourth-order valence-electron chi connectivity index (χ4n) is 1.59. The lowest BCUT2D eigenvalue weighted by Gasteiger charge is -2.08. The van der Waals surface area contributed by atoms with Crippen LogP contribution in [0.3, 0.4) is 0 Å². The molecule has 5 heteroatoms. The van der Waals surface area contributed by atoms with E-state index in [1.165, 1.54) is 0 Å². The van der Waals surface area contributed by atoms with Crippen LogP contribution < -0.4 is 4.74 Å². The lowest BCUT2D eigenvalue weighted by Crippen LogP contribution is -2.00. The summed E-state index contributed by atoms with van der Waals surface area (Å²) in [7, 11) is 1.64. The third-order valence-corrected chi connectivity index (χ3v) is 2.42. The van der Waals surface area contributed by atoms with Gasteiger partial charge in [-0.15, -0.1) is 10.2 Å². The number of hydrogen-bond acceptors (Lipinski definition) is 4. The zero-order chi connectivity index (χ0) is 11.5. The van der Waals surface area contributed by atoms with E-state index in [1.54, 1.807) is 18.0 Å². The molecule has 0 unspecified atom stereocenters. The number of aliphatic hydroxyl groups excluding tert-OH is 1. The number of aromatic nitrogens is 3. The number of hydrogen-bond donors (Lipinski definition) is 1. The first-order valence-electron chi connectivity index (χ1n) is 4.91. The van der Waals surface area contributed by atoms with Gasteiger partial charge in [-0.1, -0.05) is 0 Å². The van der Waals surface area contributed by atoms with Gasteiger partial charge in [0.1, 0.15) is 18.7 Å². The highest BCUT2D eigenvalue weighted by atomic mass is 16.5. The molecule has 1 N–H and O–H groups in total. The number of benzene rings is 1. The van der Waals surface area contributed by atoms with E-state index in [9.17, 15) is 0 Å². The average Bonchev–Trinajstić information content (AvgIpc) is 2.77. The van der Waals surface area contributed by atoms with Crippen LogP contribution in [0.25, 0.3) is 5.69 Å². The fraction of sp³-hybridized carbons (Fsp3) is 0.273. The molecule has 84 valence electrons. The molecule has 0 fully saturated rings. The predicted molar refractivity (Wildman–Crippen MR) is 58.6 cm³/mol. The molecule has 0 bridgehead atoms. The van der Waals surface area contributed by atoms with Gasteiger partial charge < -0.3 is 9.84 Å². The van der Waals surface area contributed by atoms with Crippen LogP contribution in [0.4, 0.5) is 0 Å². The summed E-state index contributed by atoms with van der Waals surface area (Å²) in [6.45, 7) is 1.83. The number of aliphatic hydroxyl groups is 1. The minimum atomic E-state index is -0.134. The third-order valence-electron chi connectivity index (χ3n) is 2.42. The van der Waals surface area contributed by atoms with Crippen LogP contribution in [0.1, 0.15) is 11.4 Å². The van der Waals surface area contributed by atoms with E-state index in [4.69, 9.17) is 9.84 Å². The topological polar surface area (TPSA) is 60.2 Å². The second-order valence-electron chi connectivity index (χ2n) is 3.43. The molecule has 1 heterocycles. The van der Waals surface area contributed by atoms with E-state index in [0.717, 1.165) is 17.0 Å². The summed E-state index contributed by atoms with van der Waals surface area (Å²) in [5.74, 6) is 1.35. The second kappa shape index (κ2) is 4.32. The van der Waals surface area contributed by atoms with Crippen molar-refractivity contribution in [1.29, 1.82) is 0 Å². The second-order valence-corrected chi connectivity index (χ2v) is 3.43. The molecule has 0 aliphatic heterocycles. The molecule has 0 aliphatic rings. The molecular weight excluding hydrogens is 206 g/mol. The fourth-order valence-corrected chi connectivity index (χ4v) is 1.59. The van der Waals surface area contributed by atoms with Gasteiger partial charge in [0.05, 0.1) is 7.11 Å². The molecule has 1 aromatic carbocycles. The molecule has 0 amide bonds. The van der Waals surface area contributed by atoms with Gasteiger partial charge in [-0.3, -0.25) is 4.57 Å². The van der Waals surface area contributed by atoms with Crippen molar-refractivity contribution in [2.24, 2.45) is 0 Å². The Labute approximate surface area is 93.3 Å². The molecule has 2 aromatic rings. The Morgan fingerprint density at radius 2 is 2.25 bits per heavy atom. The molecule has 1 aromatic heterocycles. The molecule has 0 saturated carbocycles. The van der Waals surface area contributed by atoms with E-state index in [-0.39, 0.29) is 6.61 Å². The van der Waals surface area contributed by atoms with E-state index in [0.29, 0.717) is 5.82 Å². The summed E-state index contributed by atoms with van der Waals surface area (Å²) in [6.07, 6.45) is 1.58. The molecule has 0 spiro atoms. The molecule has 5 nitrogen and oxygen atoms in total. The molecule has 0 radical (unpaired) electrons. The number of aryl methyl sites for hydroxylation is 1. The van der Waals surface area contributed by atoms with Gasteiger partial charge in [0.15, 0.2) is 5.82 Å². The summed E-state index contributed by atoms with van der Waals surface area (Å²) in [5.41, 5.74) is 1.94. The van der Waals surface area contributed by atoms with E-state index >= 15 is 0 Å². The van der Waals surface area contributed by atoms with E-state index in [1.807, 2.05) is 25.1 Å². The van der Waals surface area contributed by atoms with Crippen molar-refractivity contribution in [3.63, 3.8) is 0 Å². The number of nitrogens with zero attached hydrogens (tertiary/aromatic N) is 3. The number of rotatable bonds is 3. The van der Waals surface area contributed by atoms with Crippen molar-refractivity contribution in [3.8, 4) is 11.4 Å². The zero-order valence-corrected chi connectivity index (χ0v) is 9.21. The summed E-state index contributed by atoms with van der Waals surface area (Å²) in [6, 6.07) is 5.74. The molecule has 0 atom stereocenters. The Bertz CT molecular complexity index is 494. The highest BCUT2D eigenvalue weighted by Gasteiger charge is 2.06. The highest BCUT2D eigenvalue weighted by molar-refractivity contribution is 5.43. The molecule has 0 saturated heterocycles. The Hall–Kier alpha value is -1.88. The zero-order valence-electron chi connectivity index (χ0n) is 9.21. The van der Waals surface area contributed by atoms with Crippen molar-refractivity contribution < 1.29 is 9.84 Å². The molecular formula is C11H13N3O2. The van der Waals surface area contributed by atoms with Crippen LogP contribution in [0.2, 0.25) is 0 Å². The largest absolute Gasteiger partial charge is 0.496 e. The van der Waals surface area contributed by atoms with Crippen LogP contribution >= 0.6 is 0 Å². The van der Waals surface area contributed by atoms with Crippen LogP contribution in [-0.4, -0.2) is 27.0 Å². The normalized spacial score (nSPS) is 10.4. The number of methoxy groups -OCH3 is 1. The van der Waals surface area contributed by atoms with Gasteiger partial charge in [-0.25, -0.2) is 0 Å². The lowest BCUT2D eigenvalue weighted by atomic mass is 10.2. The monoisotopic (exact) mass is 219 g/mol. The van der Waals surface area contributed by atoms with E-state index in [2.05, 4.69) is 10.2 Å². The van der Waals surface area contributed by atoms with Crippen molar-refractivity contribution >= 4 is 0 Å². The van der Waals surface area contributed by atoms with E-state index < -0.39 is 0 Å². The van der Waals surface area contributed by atoms with Gasteiger partial charge in [-0.2, -0.15) is 0 Å². The Balaban J connectivity index is 2.45. The lowest BCUT2D eigenvalue weighted by molar-refractivity contribution is 0.269. The Morgan fingerprint density at radius 1 is 1.44 bits per heavy atom. The minimum Gasteiger partial charge on any atom is -0.496 e. The maximum atomic E-state index is 9.09. The first-order chi connectivity index (χ1) is 7.76. The van der Waals surface area contributed by atoms with Crippen LogP contribution in [-0.2, 0) is 6.61 Å². The SMILES string of the molecule is COc1ccc(-n2cnnc2CO)cc1C. The Kier molecular flexibility index (Phi) is 2.87. The minimum absolute atomic E-state index is 0.134. The van der Waals surface area contributed by atoms with Crippen molar-refractivity contribution in [1.82, 2.24) is 14.8 Å². The molecule has 16 heavy (non-hydrogen) atoms. The standard InChI is InChI=1S/C11H13N3O2/c1-8-5-9(3-4-10(8)16-2)14-7-12-13-11(14)6-15/h3-5,7,15H,6H2,1-2H3. The van der Waals surface area contributed by atoms with Gasteiger partial charge in [-0.05, 0) is 30.7 Å². The Morgan fingerprint density at radius 3 is 2.88 bits per heavy atom. The third kappa shape index (κ3) is 1.77. The summed E-state index contributed by atoms with van der Waals surface area (Å²) in [5, 5.41) is 16.7. The van der Waals surface area contributed by atoms with Gasteiger partial charge in [0.25, 0.3) is 0 Å². The van der Waals surface area contributed by atoms with Crippen LogP contribution in [0, 0.1) is 6.92 Å². The van der Waals surface area contributed by atoms with Gasteiger partial charge >= 0.3 is 0 Å². The predicted octanol–water partition coefficient (Wildman–Crippen LogP) is 1.08. The molecule has 2 rings (SSSR count).